The summed E-state index contributed by atoms with van der Waals surface area (Å²) in [6, 6.07) is 9.08. The molecule has 0 aromatic heterocycles. The van der Waals surface area contributed by atoms with Crippen LogP contribution in [-0.2, 0) is 11.3 Å². The van der Waals surface area contributed by atoms with E-state index in [0.29, 0.717) is 19.3 Å². The normalized spacial score (nSPS) is 18.9. The molecule has 0 fully saturated rings. The van der Waals surface area contributed by atoms with Gasteiger partial charge in [0.15, 0.2) is 0 Å². The van der Waals surface area contributed by atoms with Crippen LogP contribution in [0.2, 0.25) is 0 Å². The van der Waals surface area contributed by atoms with Crippen molar-refractivity contribution in [2.75, 3.05) is 32.9 Å². The zero-order chi connectivity index (χ0) is 13.3. The summed E-state index contributed by atoms with van der Waals surface area (Å²) in [5.41, 5.74) is 2.82. The van der Waals surface area contributed by atoms with Crippen LogP contribution >= 0.6 is 0 Å². The fourth-order valence-electron chi connectivity index (χ4n) is 2.49. The average molecular weight is 264 g/mol. The smallest absolute Gasteiger partial charge is 0.0697 e. The summed E-state index contributed by atoms with van der Waals surface area (Å²) in [4.78, 5) is 0. The van der Waals surface area contributed by atoms with Crippen molar-refractivity contribution in [2.45, 2.75) is 25.4 Å². The molecule has 19 heavy (non-hydrogen) atoms. The number of aliphatic hydroxyl groups excluding tert-OH is 1. The van der Waals surface area contributed by atoms with Crippen LogP contribution in [-0.4, -0.2) is 38.0 Å². The number of aliphatic hydroxyl groups is 1. The lowest BCUT2D eigenvalue weighted by Gasteiger charge is -2.19. The first kappa shape index (κ1) is 14.5. The van der Waals surface area contributed by atoms with E-state index in [2.05, 4.69) is 34.9 Å². The van der Waals surface area contributed by atoms with E-state index < -0.39 is 0 Å². The quantitative estimate of drug-likeness (QED) is 0.648. The summed E-state index contributed by atoms with van der Waals surface area (Å²) in [5, 5.41) is 15.7. The zero-order valence-electron chi connectivity index (χ0n) is 11.4. The lowest BCUT2D eigenvalue weighted by atomic mass is 9.99. The molecule has 4 heteroatoms. The first-order chi connectivity index (χ1) is 9.42. The van der Waals surface area contributed by atoms with Gasteiger partial charge in [0.25, 0.3) is 0 Å². The summed E-state index contributed by atoms with van der Waals surface area (Å²) in [5.74, 6) is 0. The lowest BCUT2D eigenvalue weighted by molar-refractivity contribution is 0.0903. The van der Waals surface area contributed by atoms with Gasteiger partial charge in [0, 0.05) is 19.2 Å². The highest BCUT2D eigenvalue weighted by Crippen LogP contribution is 2.23. The fourth-order valence-corrected chi connectivity index (χ4v) is 2.49. The monoisotopic (exact) mass is 264 g/mol. The Labute approximate surface area is 115 Å². The van der Waals surface area contributed by atoms with Crippen LogP contribution in [0.5, 0.6) is 0 Å². The van der Waals surface area contributed by atoms with Crippen LogP contribution in [0.25, 0.3) is 0 Å². The van der Waals surface area contributed by atoms with E-state index in [-0.39, 0.29) is 6.61 Å². The van der Waals surface area contributed by atoms with Crippen molar-refractivity contribution in [3.8, 4) is 0 Å². The fraction of sp³-hybridized carbons (Fsp3) is 0.600. The standard InChI is InChI=1S/C15H24N2O2/c18-9-11-19-10-3-7-17-15-6-8-16-12-13-4-1-2-5-14(13)15/h1-2,4-5,15-18H,3,6-12H2. The van der Waals surface area contributed by atoms with Gasteiger partial charge in [0.05, 0.1) is 13.2 Å². The maximum absolute atomic E-state index is 8.62. The van der Waals surface area contributed by atoms with Gasteiger partial charge in [-0.05, 0) is 37.1 Å². The zero-order valence-corrected chi connectivity index (χ0v) is 11.4. The second kappa shape index (κ2) is 8.27. The molecule has 1 aromatic carbocycles. The third kappa shape index (κ3) is 4.58. The van der Waals surface area contributed by atoms with Crippen molar-refractivity contribution in [3.63, 3.8) is 0 Å². The Morgan fingerprint density at radius 3 is 3.11 bits per heavy atom. The van der Waals surface area contributed by atoms with Crippen LogP contribution in [0.4, 0.5) is 0 Å². The molecule has 0 aliphatic carbocycles. The first-order valence-corrected chi connectivity index (χ1v) is 7.12. The molecule has 3 N–H and O–H groups in total. The number of rotatable bonds is 7. The Balaban J connectivity index is 1.79. The molecule has 0 spiro atoms. The minimum absolute atomic E-state index is 0.106. The lowest BCUT2D eigenvalue weighted by Crippen LogP contribution is -2.25. The van der Waals surface area contributed by atoms with Crippen molar-refractivity contribution in [2.24, 2.45) is 0 Å². The van der Waals surface area contributed by atoms with E-state index in [0.717, 1.165) is 32.5 Å². The summed E-state index contributed by atoms with van der Waals surface area (Å²) in [7, 11) is 0. The molecule has 0 saturated carbocycles. The van der Waals surface area contributed by atoms with Gasteiger partial charge in [-0.1, -0.05) is 24.3 Å². The minimum atomic E-state index is 0.106. The molecule has 1 heterocycles. The van der Waals surface area contributed by atoms with Gasteiger partial charge in [0.2, 0.25) is 0 Å². The predicted molar refractivity (Wildman–Crippen MR) is 76.0 cm³/mol. The maximum atomic E-state index is 8.62. The number of ether oxygens (including phenoxy) is 1. The summed E-state index contributed by atoms with van der Waals surface area (Å²) in [6.07, 6.45) is 2.10. The number of nitrogens with one attached hydrogen (secondary N) is 2. The minimum Gasteiger partial charge on any atom is -0.394 e. The van der Waals surface area contributed by atoms with Gasteiger partial charge in [-0.15, -0.1) is 0 Å². The SMILES string of the molecule is OCCOCCCNC1CCNCc2ccccc21. The third-order valence-corrected chi connectivity index (χ3v) is 3.45. The molecule has 1 atom stereocenters. The molecular formula is C15H24N2O2. The van der Waals surface area contributed by atoms with Crippen molar-refractivity contribution >= 4 is 0 Å². The molecule has 1 aliphatic rings. The van der Waals surface area contributed by atoms with Gasteiger partial charge in [-0.2, -0.15) is 0 Å². The molecule has 0 bridgehead atoms. The van der Waals surface area contributed by atoms with E-state index in [4.69, 9.17) is 9.84 Å². The van der Waals surface area contributed by atoms with Gasteiger partial charge in [-0.25, -0.2) is 0 Å². The van der Waals surface area contributed by atoms with E-state index in [1.54, 1.807) is 0 Å². The number of fused-ring (bicyclic) bond motifs is 1. The second-order valence-electron chi connectivity index (χ2n) is 4.86. The molecule has 0 saturated heterocycles. The van der Waals surface area contributed by atoms with Crippen molar-refractivity contribution in [1.29, 1.82) is 0 Å². The van der Waals surface area contributed by atoms with E-state index in [1.165, 1.54) is 11.1 Å². The van der Waals surface area contributed by atoms with Gasteiger partial charge >= 0.3 is 0 Å². The van der Waals surface area contributed by atoms with E-state index in [1.807, 2.05) is 0 Å². The van der Waals surface area contributed by atoms with Crippen molar-refractivity contribution < 1.29 is 9.84 Å². The average Bonchev–Trinajstić information content (AvgIpc) is 2.65. The molecule has 106 valence electrons. The summed E-state index contributed by atoms with van der Waals surface area (Å²) < 4.78 is 5.26. The topological polar surface area (TPSA) is 53.5 Å². The molecule has 2 rings (SSSR count). The Morgan fingerprint density at radius 2 is 2.21 bits per heavy atom. The highest BCUT2D eigenvalue weighted by atomic mass is 16.5. The molecule has 1 aromatic rings. The molecular weight excluding hydrogens is 240 g/mol. The van der Waals surface area contributed by atoms with Gasteiger partial charge in [-0.3, -0.25) is 0 Å². The molecule has 4 nitrogen and oxygen atoms in total. The first-order valence-electron chi connectivity index (χ1n) is 7.12. The molecule has 1 aliphatic heterocycles. The molecule has 0 radical (unpaired) electrons. The van der Waals surface area contributed by atoms with Crippen molar-refractivity contribution in [1.82, 2.24) is 10.6 Å². The van der Waals surface area contributed by atoms with Gasteiger partial charge in [0.1, 0.15) is 0 Å². The van der Waals surface area contributed by atoms with Crippen molar-refractivity contribution in [3.05, 3.63) is 35.4 Å². The largest absolute Gasteiger partial charge is 0.394 e. The summed E-state index contributed by atoms with van der Waals surface area (Å²) >= 11 is 0. The van der Waals surface area contributed by atoms with E-state index in [9.17, 15) is 0 Å². The predicted octanol–water partition coefficient (Wildman–Crippen LogP) is 1.21. The highest BCUT2D eigenvalue weighted by molar-refractivity contribution is 5.30. The second-order valence-corrected chi connectivity index (χ2v) is 4.86. The molecule has 1 unspecified atom stereocenters. The Morgan fingerprint density at radius 1 is 1.32 bits per heavy atom. The Hall–Kier alpha value is -0.940. The van der Waals surface area contributed by atoms with Crippen LogP contribution in [0.3, 0.4) is 0 Å². The maximum Gasteiger partial charge on any atom is 0.0697 e. The van der Waals surface area contributed by atoms with Crippen LogP contribution in [0, 0.1) is 0 Å². The van der Waals surface area contributed by atoms with E-state index >= 15 is 0 Å². The van der Waals surface area contributed by atoms with Crippen LogP contribution in [0.15, 0.2) is 24.3 Å². The summed E-state index contributed by atoms with van der Waals surface area (Å²) in [6.45, 7) is 4.22. The van der Waals surface area contributed by atoms with Gasteiger partial charge < -0.3 is 20.5 Å². The molecule has 0 amide bonds. The Kier molecular flexibility index (Phi) is 6.30. The number of hydrogen-bond acceptors (Lipinski definition) is 4. The highest BCUT2D eigenvalue weighted by Gasteiger charge is 2.16. The number of hydrogen-bond donors (Lipinski definition) is 3. The third-order valence-electron chi connectivity index (χ3n) is 3.45. The number of benzene rings is 1. The van der Waals surface area contributed by atoms with Crippen LogP contribution < -0.4 is 10.6 Å². The Bertz CT molecular complexity index is 371. The van der Waals surface area contributed by atoms with Crippen LogP contribution in [0.1, 0.15) is 30.0 Å².